The zero-order chi connectivity index (χ0) is 20.9. The first-order valence-corrected chi connectivity index (χ1v) is 11.8. The average Bonchev–Trinajstić information content (AvgIpc) is 2.93. The van der Waals surface area contributed by atoms with Crippen molar-refractivity contribution in [3.05, 3.63) is 0 Å². The number of rotatable bonds is 2. The molecule has 0 aromatic heterocycles. The van der Waals surface area contributed by atoms with Gasteiger partial charge in [-0.15, -0.1) is 0 Å². The van der Waals surface area contributed by atoms with Crippen LogP contribution in [0.5, 0.6) is 0 Å². The summed E-state index contributed by atoms with van der Waals surface area (Å²) in [6.07, 6.45) is 12.6. The highest BCUT2D eigenvalue weighted by molar-refractivity contribution is 5.66. The number of hydrogen-bond acceptors (Lipinski definition) is 4. The smallest absolute Gasteiger partial charge is 0.302 e. The molecule has 0 radical (unpaired) electrons. The van der Waals surface area contributed by atoms with E-state index in [9.17, 15) is 9.90 Å². The molecule has 8 unspecified atom stereocenters. The molecule has 1 N–H and O–H groups in total. The van der Waals surface area contributed by atoms with Gasteiger partial charge in [0.1, 0.15) is 17.8 Å². The van der Waals surface area contributed by atoms with Crippen LogP contribution in [0.1, 0.15) is 85.5 Å². The topological polar surface area (TPSA) is 55.8 Å². The van der Waals surface area contributed by atoms with Gasteiger partial charge in [-0.05, 0) is 99.7 Å². The van der Waals surface area contributed by atoms with Crippen molar-refractivity contribution in [3.63, 3.8) is 0 Å². The second kappa shape index (κ2) is 7.49. The minimum absolute atomic E-state index is 0.112. The Bertz CT molecular complexity index is 707. The van der Waals surface area contributed by atoms with Gasteiger partial charge in [0.15, 0.2) is 0 Å². The first-order chi connectivity index (χ1) is 13.7. The van der Waals surface area contributed by atoms with Gasteiger partial charge in [-0.2, -0.15) is 0 Å². The predicted octanol–water partition coefficient (Wildman–Crippen LogP) is 4.69. The fraction of sp³-hybridized carbons (Fsp3) is 0.880. The molecule has 4 aliphatic rings. The summed E-state index contributed by atoms with van der Waals surface area (Å²) in [4.78, 5) is 11.4. The van der Waals surface area contributed by atoms with E-state index < -0.39 is 5.60 Å². The highest BCUT2D eigenvalue weighted by Gasteiger charge is 2.64. The van der Waals surface area contributed by atoms with Crippen molar-refractivity contribution in [2.24, 2.45) is 34.5 Å². The zero-order valence-electron chi connectivity index (χ0n) is 18.6. The van der Waals surface area contributed by atoms with Gasteiger partial charge in [-0.3, -0.25) is 4.79 Å². The van der Waals surface area contributed by atoms with Crippen LogP contribution < -0.4 is 0 Å². The monoisotopic (exact) mass is 402 g/mol. The maximum absolute atomic E-state index is 11.5. The van der Waals surface area contributed by atoms with Crippen LogP contribution in [0.25, 0.3) is 0 Å². The van der Waals surface area contributed by atoms with E-state index in [4.69, 9.17) is 9.47 Å². The molecule has 0 saturated heterocycles. The molecule has 4 fully saturated rings. The molecule has 0 aromatic rings. The van der Waals surface area contributed by atoms with Crippen molar-refractivity contribution in [1.82, 2.24) is 0 Å². The molecule has 4 saturated carbocycles. The van der Waals surface area contributed by atoms with E-state index in [2.05, 4.69) is 25.9 Å². The molecule has 29 heavy (non-hydrogen) atoms. The Labute approximate surface area is 176 Å². The summed E-state index contributed by atoms with van der Waals surface area (Å²) in [7, 11) is 0. The number of hydrogen-bond donors (Lipinski definition) is 1. The highest BCUT2D eigenvalue weighted by Crippen LogP contribution is 2.68. The standard InChI is InChI=1S/C25H38O4/c1-5-28-15-14-25(27)13-10-22-20-7-6-18-16-19(29-17(2)26)8-11-23(18,3)21(20)9-12-24(22,25)4/h18-22,27H,5-13,16H2,1-4H3. The first-order valence-electron chi connectivity index (χ1n) is 11.8. The van der Waals surface area contributed by atoms with Crippen molar-refractivity contribution in [2.75, 3.05) is 6.61 Å². The van der Waals surface area contributed by atoms with Crippen LogP contribution >= 0.6 is 0 Å². The van der Waals surface area contributed by atoms with Crippen molar-refractivity contribution in [3.8, 4) is 12.0 Å². The fourth-order valence-electron chi connectivity index (χ4n) is 7.97. The third-order valence-corrected chi connectivity index (χ3v) is 9.58. The van der Waals surface area contributed by atoms with Crippen LogP contribution in [0.3, 0.4) is 0 Å². The SMILES string of the molecule is CCOC#CC1(O)CCC2C3CCC4CC(OC(C)=O)CCC4(C)C3CCC21C. The lowest BCUT2D eigenvalue weighted by atomic mass is 9.44. The molecule has 0 bridgehead atoms. The molecule has 0 aromatic carbocycles. The van der Waals surface area contributed by atoms with Crippen molar-refractivity contribution >= 4 is 5.97 Å². The summed E-state index contributed by atoms with van der Waals surface area (Å²) in [5.41, 5.74) is -0.697. The van der Waals surface area contributed by atoms with Gasteiger partial charge in [0.05, 0.1) is 6.61 Å². The number of carbonyl (C=O) groups excluding carboxylic acids is 1. The van der Waals surface area contributed by atoms with Gasteiger partial charge in [0.2, 0.25) is 0 Å². The number of ether oxygens (including phenoxy) is 2. The van der Waals surface area contributed by atoms with Crippen LogP contribution in [0.15, 0.2) is 0 Å². The second-order valence-corrected chi connectivity index (χ2v) is 10.7. The van der Waals surface area contributed by atoms with Gasteiger partial charge in [0.25, 0.3) is 0 Å². The molecule has 0 amide bonds. The lowest BCUT2D eigenvalue weighted by Gasteiger charge is -2.61. The molecule has 8 atom stereocenters. The van der Waals surface area contributed by atoms with E-state index >= 15 is 0 Å². The Hall–Kier alpha value is -1.21. The van der Waals surface area contributed by atoms with Crippen LogP contribution in [-0.2, 0) is 14.3 Å². The number of esters is 1. The molecule has 0 heterocycles. The van der Waals surface area contributed by atoms with Gasteiger partial charge in [-0.1, -0.05) is 13.8 Å². The molecule has 0 aliphatic heterocycles. The molecular weight excluding hydrogens is 364 g/mol. The summed E-state index contributed by atoms with van der Waals surface area (Å²) in [5, 5.41) is 11.5. The Kier molecular flexibility index (Phi) is 5.43. The fourth-order valence-corrected chi connectivity index (χ4v) is 7.97. The third-order valence-electron chi connectivity index (χ3n) is 9.58. The van der Waals surface area contributed by atoms with Crippen molar-refractivity contribution in [1.29, 1.82) is 0 Å². The Morgan fingerprint density at radius 1 is 1.07 bits per heavy atom. The minimum atomic E-state index is -0.914. The van der Waals surface area contributed by atoms with E-state index in [0.29, 0.717) is 29.8 Å². The van der Waals surface area contributed by atoms with Crippen LogP contribution in [-0.4, -0.2) is 29.4 Å². The number of aliphatic hydroxyl groups is 1. The number of carbonyl (C=O) groups is 1. The van der Waals surface area contributed by atoms with E-state index in [1.54, 1.807) is 0 Å². The molecule has 0 spiro atoms. The minimum Gasteiger partial charge on any atom is -0.463 e. The van der Waals surface area contributed by atoms with Gasteiger partial charge >= 0.3 is 5.97 Å². The number of fused-ring (bicyclic) bond motifs is 5. The van der Waals surface area contributed by atoms with Crippen LogP contribution in [0.2, 0.25) is 0 Å². The molecule has 162 valence electrons. The van der Waals surface area contributed by atoms with Crippen LogP contribution in [0.4, 0.5) is 0 Å². The summed E-state index contributed by atoms with van der Waals surface area (Å²) in [5.74, 6) is 5.59. The molecule has 4 aliphatic carbocycles. The summed E-state index contributed by atoms with van der Waals surface area (Å²) >= 11 is 0. The van der Waals surface area contributed by atoms with Crippen molar-refractivity contribution in [2.45, 2.75) is 97.2 Å². The van der Waals surface area contributed by atoms with Crippen LogP contribution in [0, 0.1) is 46.5 Å². The maximum atomic E-state index is 11.5. The van der Waals surface area contributed by atoms with Gasteiger partial charge < -0.3 is 14.6 Å². The summed E-state index contributed by atoms with van der Waals surface area (Å²) in [6, 6.07) is 0. The maximum Gasteiger partial charge on any atom is 0.302 e. The highest BCUT2D eigenvalue weighted by atomic mass is 16.5. The normalized spacial score (nSPS) is 48.4. The quantitative estimate of drug-likeness (QED) is 0.538. The zero-order valence-corrected chi connectivity index (χ0v) is 18.6. The van der Waals surface area contributed by atoms with Gasteiger partial charge in [0, 0.05) is 12.3 Å². The predicted molar refractivity (Wildman–Crippen MR) is 112 cm³/mol. The molecule has 4 rings (SSSR count). The lowest BCUT2D eigenvalue weighted by molar-refractivity contribution is -0.164. The summed E-state index contributed by atoms with van der Waals surface area (Å²) in [6.45, 7) is 8.81. The lowest BCUT2D eigenvalue weighted by Crippen LogP contribution is -2.56. The average molecular weight is 403 g/mol. The van der Waals surface area contributed by atoms with E-state index in [1.165, 1.54) is 26.2 Å². The second-order valence-electron chi connectivity index (χ2n) is 10.7. The van der Waals surface area contributed by atoms with Crippen molar-refractivity contribution < 1.29 is 19.4 Å². The first kappa shape index (κ1) is 21.0. The molecule has 4 heteroatoms. The summed E-state index contributed by atoms with van der Waals surface area (Å²) < 4.78 is 10.8. The molecular formula is C25H38O4. The Morgan fingerprint density at radius 3 is 2.55 bits per heavy atom. The van der Waals surface area contributed by atoms with E-state index in [0.717, 1.165) is 44.4 Å². The van der Waals surface area contributed by atoms with E-state index in [1.807, 2.05) is 6.92 Å². The Morgan fingerprint density at radius 2 is 1.83 bits per heavy atom. The molecule has 4 nitrogen and oxygen atoms in total. The third kappa shape index (κ3) is 3.29. The Balaban J connectivity index is 1.53. The van der Waals surface area contributed by atoms with Gasteiger partial charge in [-0.25, -0.2) is 0 Å². The van der Waals surface area contributed by atoms with E-state index in [-0.39, 0.29) is 17.5 Å². The largest absolute Gasteiger partial charge is 0.463 e.